The molecule has 0 spiro atoms. The number of fused-ring (bicyclic) bond motifs is 1. The Bertz CT molecular complexity index is 326. The number of carbonyl (C=O) groups excluding carboxylic acids is 1. The fourth-order valence-corrected chi connectivity index (χ4v) is 3.77. The molecule has 2 aliphatic rings. The van der Waals surface area contributed by atoms with Gasteiger partial charge in [0.2, 0.25) is 0 Å². The second-order valence-electron chi connectivity index (χ2n) is 6.68. The average molecular weight is 274 g/mol. The van der Waals surface area contributed by atoms with Crippen molar-refractivity contribution in [2.45, 2.75) is 64.5 Å². The third-order valence-electron chi connectivity index (χ3n) is 4.23. The van der Waals surface area contributed by atoms with E-state index < -0.39 is 5.60 Å². The second-order valence-corrected chi connectivity index (χ2v) is 6.95. The van der Waals surface area contributed by atoms with Crippen molar-refractivity contribution in [2.75, 3.05) is 12.4 Å². The number of rotatable bonds is 1. The third kappa shape index (κ3) is 2.61. The zero-order chi connectivity index (χ0) is 13.4. The number of halogens is 1. The van der Waals surface area contributed by atoms with E-state index in [4.69, 9.17) is 16.3 Å². The number of alkyl halides is 1. The molecule has 0 aromatic heterocycles. The van der Waals surface area contributed by atoms with Crippen LogP contribution in [0.5, 0.6) is 0 Å². The maximum Gasteiger partial charge on any atom is 0.410 e. The van der Waals surface area contributed by atoms with Gasteiger partial charge in [0.05, 0.1) is 0 Å². The van der Waals surface area contributed by atoms with Gasteiger partial charge in [0.1, 0.15) is 5.60 Å². The highest BCUT2D eigenvalue weighted by atomic mass is 35.5. The van der Waals surface area contributed by atoms with Crippen molar-refractivity contribution < 1.29 is 9.53 Å². The maximum absolute atomic E-state index is 12.2. The van der Waals surface area contributed by atoms with Gasteiger partial charge in [0, 0.05) is 23.9 Å². The summed E-state index contributed by atoms with van der Waals surface area (Å²) in [6, 6.07) is 0.290. The summed E-state index contributed by atoms with van der Waals surface area (Å²) in [5.74, 6) is 0.664. The lowest BCUT2D eigenvalue weighted by Gasteiger charge is -2.40. The molecule has 1 aliphatic carbocycles. The monoisotopic (exact) mass is 273 g/mol. The van der Waals surface area contributed by atoms with Crippen LogP contribution < -0.4 is 0 Å². The largest absolute Gasteiger partial charge is 0.444 e. The van der Waals surface area contributed by atoms with Crippen LogP contribution in [0.3, 0.4) is 0 Å². The zero-order valence-electron chi connectivity index (χ0n) is 11.7. The van der Waals surface area contributed by atoms with Gasteiger partial charge in [-0.15, -0.1) is 11.6 Å². The first-order valence-corrected chi connectivity index (χ1v) is 7.47. The summed E-state index contributed by atoms with van der Waals surface area (Å²) in [4.78, 5) is 14.2. The molecule has 1 saturated heterocycles. The fraction of sp³-hybridized carbons (Fsp3) is 0.929. The summed E-state index contributed by atoms with van der Waals surface area (Å²) in [7, 11) is 0. The normalized spacial score (nSPS) is 32.2. The Morgan fingerprint density at radius 3 is 2.72 bits per heavy atom. The SMILES string of the molecule is CC(C)(C)OC(=O)N1CCC2(CCl)CCCCC12. The summed E-state index contributed by atoms with van der Waals surface area (Å²) in [6.45, 7) is 6.54. The lowest BCUT2D eigenvalue weighted by molar-refractivity contribution is 0.0124. The van der Waals surface area contributed by atoms with Crippen LogP contribution in [0.15, 0.2) is 0 Å². The van der Waals surface area contributed by atoms with Crippen LogP contribution >= 0.6 is 11.6 Å². The third-order valence-corrected chi connectivity index (χ3v) is 4.76. The molecule has 1 saturated carbocycles. The molecule has 0 aromatic carbocycles. The van der Waals surface area contributed by atoms with Crippen molar-refractivity contribution in [1.29, 1.82) is 0 Å². The van der Waals surface area contributed by atoms with E-state index in [9.17, 15) is 4.79 Å². The quantitative estimate of drug-likeness (QED) is 0.680. The minimum atomic E-state index is -0.419. The highest BCUT2D eigenvalue weighted by Crippen LogP contribution is 2.47. The van der Waals surface area contributed by atoms with Crippen molar-refractivity contribution in [3.63, 3.8) is 0 Å². The van der Waals surface area contributed by atoms with Crippen LogP contribution in [-0.2, 0) is 4.74 Å². The molecule has 3 nitrogen and oxygen atoms in total. The Morgan fingerprint density at radius 2 is 2.11 bits per heavy atom. The number of nitrogens with zero attached hydrogens (tertiary/aromatic N) is 1. The minimum absolute atomic E-state index is 0.150. The average Bonchev–Trinajstić information content (AvgIpc) is 2.66. The number of likely N-dealkylation sites (tertiary alicyclic amines) is 1. The molecule has 0 N–H and O–H groups in total. The standard InChI is InChI=1S/C14H24ClNO2/c1-13(2,3)18-12(17)16-9-8-14(10-15)7-5-4-6-11(14)16/h11H,4-10H2,1-3H3. The van der Waals surface area contributed by atoms with Gasteiger partial charge in [0.25, 0.3) is 0 Å². The van der Waals surface area contributed by atoms with Crippen LogP contribution in [0, 0.1) is 5.41 Å². The highest BCUT2D eigenvalue weighted by molar-refractivity contribution is 6.18. The van der Waals surface area contributed by atoms with Gasteiger partial charge >= 0.3 is 6.09 Å². The Balaban J connectivity index is 2.09. The van der Waals surface area contributed by atoms with Crippen LogP contribution in [0.4, 0.5) is 4.79 Å². The molecule has 1 heterocycles. The molecule has 0 aromatic rings. The van der Waals surface area contributed by atoms with Gasteiger partial charge in [-0.25, -0.2) is 4.79 Å². The second kappa shape index (κ2) is 4.92. The molecule has 0 radical (unpaired) electrons. The molecule has 4 heteroatoms. The molecule has 2 unspecified atom stereocenters. The van der Waals surface area contributed by atoms with E-state index >= 15 is 0 Å². The minimum Gasteiger partial charge on any atom is -0.444 e. The Labute approximate surface area is 115 Å². The first-order chi connectivity index (χ1) is 8.38. The lowest BCUT2D eigenvalue weighted by atomic mass is 9.72. The fourth-order valence-electron chi connectivity index (χ4n) is 3.33. The van der Waals surface area contributed by atoms with E-state index in [-0.39, 0.29) is 11.5 Å². The smallest absolute Gasteiger partial charge is 0.410 e. The number of hydrogen-bond donors (Lipinski definition) is 0. The zero-order valence-corrected chi connectivity index (χ0v) is 12.4. The molecule has 1 amide bonds. The van der Waals surface area contributed by atoms with Gasteiger partial charge in [-0.05, 0) is 40.0 Å². The number of carbonyl (C=O) groups is 1. The molecule has 2 fully saturated rings. The van der Waals surface area contributed by atoms with E-state index in [0.29, 0.717) is 11.9 Å². The Morgan fingerprint density at radius 1 is 1.39 bits per heavy atom. The first kappa shape index (κ1) is 14.0. The Kier molecular flexibility index (Phi) is 3.82. The number of amides is 1. The van der Waals surface area contributed by atoms with Crippen molar-refractivity contribution >= 4 is 17.7 Å². The topological polar surface area (TPSA) is 29.5 Å². The Hall–Kier alpha value is -0.440. The van der Waals surface area contributed by atoms with Gasteiger partial charge in [-0.2, -0.15) is 0 Å². The van der Waals surface area contributed by atoms with Crippen molar-refractivity contribution in [3.05, 3.63) is 0 Å². The molecule has 18 heavy (non-hydrogen) atoms. The maximum atomic E-state index is 12.2. The van der Waals surface area contributed by atoms with Crippen LogP contribution in [0.2, 0.25) is 0 Å². The number of ether oxygens (including phenoxy) is 1. The molecular weight excluding hydrogens is 250 g/mol. The van der Waals surface area contributed by atoms with Crippen LogP contribution in [0.25, 0.3) is 0 Å². The molecule has 104 valence electrons. The van der Waals surface area contributed by atoms with Gasteiger partial charge in [-0.3, -0.25) is 0 Å². The summed E-state index contributed by atoms with van der Waals surface area (Å²) in [5.41, 5.74) is -0.269. The first-order valence-electron chi connectivity index (χ1n) is 6.94. The summed E-state index contributed by atoms with van der Waals surface area (Å²) >= 11 is 6.20. The molecule has 2 atom stereocenters. The molecular formula is C14H24ClNO2. The van der Waals surface area contributed by atoms with E-state index in [2.05, 4.69) is 0 Å². The van der Waals surface area contributed by atoms with Crippen LogP contribution in [0.1, 0.15) is 52.9 Å². The predicted molar refractivity (Wildman–Crippen MR) is 73.0 cm³/mol. The summed E-state index contributed by atoms with van der Waals surface area (Å²) in [5, 5.41) is 0. The molecule has 2 rings (SSSR count). The van der Waals surface area contributed by atoms with E-state index in [1.807, 2.05) is 25.7 Å². The van der Waals surface area contributed by atoms with E-state index in [0.717, 1.165) is 25.8 Å². The number of hydrogen-bond acceptors (Lipinski definition) is 2. The molecule has 1 aliphatic heterocycles. The highest BCUT2D eigenvalue weighted by Gasteiger charge is 2.50. The predicted octanol–water partition coefficient (Wildman–Crippen LogP) is 3.80. The molecule has 0 bridgehead atoms. The van der Waals surface area contributed by atoms with Gasteiger partial charge in [0.15, 0.2) is 0 Å². The lowest BCUT2D eigenvalue weighted by Crippen LogP contribution is -2.47. The van der Waals surface area contributed by atoms with Gasteiger partial charge in [-0.1, -0.05) is 12.8 Å². The van der Waals surface area contributed by atoms with Crippen molar-refractivity contribution in [1.82, 2.24) is 4.90 Å². The van der Waals surface area contributed by atoms with Crippen molar-refractivity contribution in [3.8, 4) is 0 Å². The summed E-state index contributed by atoms with van der Waals surface area (Å²) < 4.78 is 5.50. The van der Waals surface area contributed by atoms with Crippen LogP contribution in [-0.4, -0.2) is 35.1 Å². The van der Waals surface area contributed by atoms with E-state index in [1.54, 1.807) is 0 Å². The van der Waals surface area contributed by atoms with Gasteiger partial charge < -0.3 is 9.64 Å². The summed E-state index contributed by atoms with van der Waals surface area (Å²) in [6.07, 6.45) is 5.53. The van der Waals surface area contributed by atoms with Crippen molar-refractivity contribution in [2.24, 2.45) is 5.41 Å². The van der Waals surface area contributed by atoms with E-state index in [1.165, 1.54) is 12.8 Å².